The molecule has 0 radical (unpaired) electrons. The first-order valence-corrected chi connectivity index (χ1v) is 9.07. The van der Waals surface area contributed by atoms with Gasteiger partial charge in [0.1, 0.15) is 6.04 Å². The molecular weight excluding hydrogens is 302 g/mol. The van der Waals surface area contributed by atoms with E-state index in [2.05, 4.69) is 39.8 Å². The highest BCUT2D eigenvalue weighted by Gasteiger charge is 2.28. The number of nitrogens with zero attached hydrogens (tertiary/aromatic N) is 1. The van der Waals surface area contributed by atoms with Crippen LogP contribution in [0, 0.1) is 0 Å². The Morgan fingerprint density at radius 2 is 1.96 bits per heavy atom. The summed E-state index contributed by atoms with van der Waals surface area (Å²) in [5.41, 5.74) is 1.30. The van der Waals surface area contributed by atoms with Crippen molar-refractivity contribution in [3.8, 4) is 0 Å². The van der Waals surface area contributed by atoms with Crippen molar-refractivity contribution < 1.29 is 9.59 Å². The third-order valence-electron chi connectivity index (χ3n) is 5.04. The molecule has 1 aromatic rings. The Balaban J connectivity index is 1.58. The van der Waals surface area contributed by atoms with Crippen LogP contribution in [0.4, 0.5) is 0 Å². The quantitative estimate of drug-likeness (QED) is 0.831. The number of amides is 2. The highest BCUT2D eigenvalue weighted by molar-refractivity contribution is 5.90. The Morgan fingerprint density at radius 1 is 1.21 bits per heavy atom. The van der Waals surface area contributed by atoms with Crippen molar-refractivity contribution in [2.24, 2.45) is 0 Å². The molecule has 0 aromatic heterocycles. The van der Waals surface area contributed by atoms with Gasteiger partial charge in [0.25, 0.3) is 0 Å². The molecule has 1 aromatic carbocycles. The molecule has 2 heterocycles. The number of piperidine rings is 1. The van der Waals surface area contributed by atoms with Crippen molar-refractivity contribution in [1.82, 2.24) is 15.5 Å². The smallest absolute Gasteiger partial charge is 0.242 e. The predicted molar refractivity (Wildman–Crippen MR) is 93.5 cm³/mol. The van der Waals surface area contributed by atoms with E-state index in [1.54, 1.807) is 0 Å². The maximum atomic E-state index is 12.3. The van der Waals surface area contributed by atoms with Crippen molar-refractivity contribution in [1.29, 1.82) is 0 Å². The van der Waals surface area contributed by atoms with E-state index in [9.17, 15) is 9.59 Å². The summed E-state index contributed by atoms with van der Waals surface area (Å²) < 4.78 is 0. The normalized spacial score (nSPS) is 22.8. The van der Waals surface area contributed by atoms with Gasteiger partial charge in [-0.05, 0) is 44.3 Å². The number of carbonyl (C=O) groups excluding carboxylic acids is 2. The minimum Gasteiger partial charge on any atom is -0.353 e. The van der Waals surface area contributed by atoms with E-state index in [1.165, 1.54) is 24.8 Å². The summed E-state index contributed by atoms with van der Waals surface area (Å²) >= 11 is 0. The number of hydrogen-bond donors (Lipinski definition) is 2. The first-order chi connectivity index (χ1) is 11.7. The third kappa shape index (κ3) is 4.57. The van der Waals surface area contributed by atoms with Crippen molar-refractivity contribution in [2.75, 3.05) is 19.6 Å². The molecule has 2 amide bonds. The number of nitrogens with one attached hydrogen (secondary N) is 2. The van der Waals surface area contributed by atoms with Crippen LogP contribution in [-0.4, -0.2) is 48.4 Å². The molecule has 2 fully saturated rings. The Hall–Kier alpha value is -1.88. The fourth-order valence-electron chi connectivity index (χ4n) is 3.65. The maximum Gasteiger partial charge on any atom is 0.242 e. The zero-order valence-corrected chi connectivity index (χ0v) is 14.2. The van der Waals surface area contributed by atoms with Gasteiger partial charge < -0.3 is 10.6 Å². The molecule has 24 heavy (non-hydrogen) atoms. The third-order valence-corrected chi connectivity index (χ3v) is 5.04. The minimum absolute atomic E-state index is 0.0213. The molecule has 2 aliphatic rings. The lowest BCUT2D eigenvalue weighted by Gasteiger charge is -2.35. The van der Waals surface area contributed by atoms with E-state index in [0.717, 1.165) is 19.5 Å². The van der Waals surface area contributed by atoms with E-state index in [1.807, 2.05) is 6.07 Å². The first kappa shape index (κ1) is 17.0. The van der Waals surface area contributed by atoms with E-state index < -0.39 is 0 Å². The van der Waals surface area contributed by atoms with Crippen LogP contribution in [0.5, 0.6) is 0 Å². The van der Waals surface area contributed by atoms with Gasteiger partial charge in [-0.2, -0.15) is 0 Å². The molecule has 130 valence electrons. The molecule has 2 N–H and O–H groups in total. The van der Waals surface area contributed by atoms with Crippen LogP contribution >= 0.6 is 0 Å². The van der Waals surface area contributed by atoms with Crippen LogP contribution in [0.15, 0.2) is 30.3 Å². The van der Waals surface area contributed by atoms with Crippen molar-refractivity contribution in [3.05, 3.63) is 35.9 Å². The fraction of sp³-hybridized carbons (Fsp3) is 0.579. The van der Waals surface area contributed by atoms with Crippen LogP contribution in [0.25, 0.3) is 0 Å². The molecule has 2 unspecified atom stereocenters. The summed E-state index contributed by atoms with van der Waals surface area (Å²) in [7, 11) is 0. The molecule has 0 spiro atoms. The average molecular weight is 329 g/mol. The largest absolute Gasteiger partial charge is 0.353 e. The second kappa shape index (κ2) is 8.29. The van der Waals surface area contributed by atoms with Crippen LogP contribution in [0.3, 0.4) is 0 Å². The molecule has 3 rings (SSSR count). The Bertz CT molecular complexity index is 555. The van der Waals surface area contributed by atoms with Gasteiger partial charge in [0.2, 0.25) is 11.8 Å². The van der Waals surface area contributed by atoms with Gasteiger partial charge >= 0.3 is 0 Å². The van der Waals surface area contributed by atoms with E-state index in [0.29, 0.717) is 25.4 Å². The molecule has 0 bridgehead atoms. The van der Waals surface area contributed by atoms with Gasteiger partial charge in [-0.1, -0.05) is 36.8 Å². The lowest BCUT2D eigenvalue weighted by molar-refractivity contribution is -0.125. The second-order valence-corrected chi connectivity index (χ2v) is 6.84. The molecule has 2 aliphatic heterocycles. The Morgan fingerprint density at radius 3 is 2.62 bits per heavy atom. The van der Waals surface area contributed by atoms with Crippen LogP contribution in [-0.2, 0) is 16.0 Å². The zero-order chi connectivity index (χ0) is 16.8. The van der Waals surface area contributed by atoms with Gasteiger partial charge in [0, 0.05) is 19.0 Å². The fourth-order valence-corrected chi connectivity index (χ4v) is 3.65. The van der Waals surface area contributed by atoms with Gasteiger partial charge in [-0.25, -0.2) is 0 Å². The molecule has 5 nitrogen and oxygen atoms in total. The summed E-state index contributed by atoms with van der Waals surface area (Å²) in [6, 6.07) is 10.4. The van der Waals surface area contributed by atoms with Crippen molar-refractivity contribution in [3.63, 3.8) is 0 Å². The molecule has 2 saturated heterocycles. The summed E-state index contributed by atoms with van der Waals surface area (Å²) in [6.45, 7) is 2.85. The highest BCUT2D eigenvalue weighted by atomic mass is 16.2. The average Bonchev–Trinajstić information content (AvgIpc) is 3.06. The SMILES string of the molecule is O=C1CCC(C(=O)NCC(Cc2ccccc2)N2CCCCC2)N1. The zero-order valence-electron chi connectivity index (χ0n) is 14.2. The van der Waals surface area contributed by atoms with Gasteiger partial charge in [0.05, 0.1) is 0 Å². The van der Waals surface area contributed by atoms with Crippen LogP contribution < -0.4 is 10.6 Å². The number of benzene rings is 1. The lowest BCUT2D eigenvalue weighted by Crippen LogP contribution is -2.50. The summed E-state index contributed by atoms with van der Waals surface area (Å²) in [4.78, 5) is 26.1. The van der Waals surface area contributed by atoms with Crippen molar-refractivity contribution >= 4 is 11.8 Å². The first-order valence-electron chi connectivity index (χ1n) is 9.07. The summed E-state index contributed by atoms with van der Waals surface area (Å²) in [5, 5.41) is 5.81. The second-order valence-electron chi connectivity index (χ2n) is 6.84. The number of likely N-dealkylation sites (tertiary alicyclic amines) is 1. The Labute approximate surface area is 143 Å². The van der Waals surface area contributed by atoms with Gasteiger partial charge in [0.15, 0.2) is 0 Å². The number of rotatable bonds is 6. The number of carbonyl (C=O) groups is 2. The molecule has 0 saturated carbocycles. The summed E-state index contributed by atoms with van der Waals surface area (Å²) in [5.74, 6) is -0.0667. The summed E-state index contributed by atoms with van der Waals surface area (Å²) in [6.07, 6.45) is 5.78. The van der Waals surface area contributed by atoms with Crippen LogP contribution in [0.1, 0.15) is 37.7 Å². The van der Waals surface area contributed by atoms with Crippen molar-refractivity contribution in [2.45, 2.75) is 50.6 Å². The van der Waals surface area contributed by atoms with Crippen LogP contribution in [0.2, 0.25) is 0 Å². The van der Waals surface area contributed by atoms with Gasteiger partial charge in [-0.3, -0.25) is 14.5 Å². The molecular formula is C19H27N3O2. The van der Waals surface area contributed by atoms with Gasteiger partial charge in [-0.15, -0.1) is 0 Å². The van der Waals surface area contributed by atoms with E-state index in [-0.39, 0.29) is 17.9 Å². The molecule has 5 heteroatoms. The highest BCUT2D eigenvalue weighted by Crippen LogP contribution is 2.16. The number of hydrogen-bond acceptors (Lipinski definition) is 3. The topological polar surface area (TPSA) is 61.4 Å². The predicted octanol–water partition coefficient (Wildman–Crippen LogP) is 1.48. The van der Waals surface area contributed by atoms with E-state index in [4.69, 9.17) is 0 Å². The Kier molecular flexibility index (Phi) is 5.86. The maximum absolute atomic E-state index is 12.3. The lowest BCUT2D eigenvalue weighted by atomic mass is 10.0. The molecule has 2 atom stereocenters. The minimum atomic E-state index is -0.351. The van der Waals surface area contributed by atoms with E-state index >= 15 is 0 Å². The molecule has 0 aliphatic carbocycles. The monoisotopic (exact) mass is 329 g/mol. The standard InChI is InChI=1S/C19H27N3O2/c23-18-10-9-17(21-18)19(24)20-14-16(22-11-5-2-6-12-22)13-15-7-3-1-4-8-15/h1,3-4,7-8,16-17H,2,5-6,9-14H2,(H,20,24)(H,21,23).